The molecule has 0 unspecified atom stereocenters. The van der Waals surface area contributed by atoms with Gasteiger partial charge < -0.3 is 9.84 Å². The van der Waals surface area contributed by atoms with Gasteiger partial charge in [-0.3, -0.25) is 9.59 Å². The van der Waals surface area contributed by atoms with Gasteiger partial charge in [0.25, 0.3) is 0 Å². The fourth-order valence-electron chi connectivity index (χ4n) is 2.11. The Hall–Kier alpha value is -1.16. The third-order valence-corrected chi connectivity index (χ3v) is 3.64. The molecule has 0 aromatic heterocycles. The molecule has 0 spiro atoms. The zero-order chi connectivity index (χ0) is 10.6. The first kappa shape index (κ1) is 9.40. The molecule has 3 atom stereocenters. The molecular formula is C10H12O4. The average molecular weight is 196 g/mol. The summed E-state index contributed by atoms with van der Waals surface area (Å²) in [5.41, 5.74) is -2.04. The number of carbonyl (C=O) groups is 2. The number of carbonyl (C=O) groups excluding carboxylic acids is 2. The second-order valence-electron chi connectivity index (χ2n) is 4.29. The van der Waals surface area contributed by atoms with Crippen molar-refractivity contribution >= 4 is 11.9 Å². The van der Waals surface area contributed by atoms with Gasteiger partial charge in [0, 0.05) is 0 Å². The average Bonchev–Trinajstić information content (AvgIpc) is 2.29. The van der Waals surface area contributed by atoms with Crippen LogP contribution in [0.4, 0.5) is 0 Å². The molecule has 0 aromatic rings. The molecule has 2 rings (SSSR count). The number of hydrogen-bond acceptors (Lipinski definition) is 4. The van der Waals surface area contributed by atoms with Gasteiger partial charge in [-0.05, 0) is 20.3 Å². The Morgan fingerprint density at radius 3 is 2.64 bits per heavy atom. The molecule has 0 radical (unpaired) electrons. The van der Waals surface area contributed by atoms with Crippen molar-refractivity contribution in [2.45, 2.75) is 26.4 Å². The lowest BCUT2D eigenvalue weighted by Crippen LogP contribution is -2.49. The van der Waals surface area contributed by atoms with Crippen LogP contribution in [0.3, 0.4) is 0 Å². The van der Waals surface area contributed by atoms with Crippen molar-refractivity contribution in [3.8, 4) is 0 Å². The van der Waals surface area contributed by atoms with Gasteiger partial charge in [-0.25, -0.2) is 0 Å². The normalized spacial score (nSPS) is 46.4. The molecule has 0 bridgehead atoms. The number of aliphatic hydroxyl groups excluding tert-OH is 1. The highest BCUT2D eigenvalue weighted by Crippen LogP contribution is 2.53. The molecule has 2 aliphatic rings. The van der Waals surface area contributed by atoms with E-state index in [0.29, 0.717) is 6.42 Å². The molecule has 4 nitrogen and oxygen atoms in total. The molecule has 1 fully saturated rings. The molecule has 4 heteroatoms. The molecule has 1 heterocycles. The monoisotopic (exact) mass is 196 g/mol. The summed E-state index contributed by atoms with van der Waals surface area (Å²) in [5, 5.41) is 9.75. The number of ether oxygens (including phenoxy) is 1. The Kier molecular flexibility index (Phi) is 1.64. The van der Waals surface area contributed by atoms with Gasteiger partial charge in [0.1, 0.15) is 5.41 Å². The van der Waals surface area contributed by atoms with Crippen molar-refractivity contribution in [2.24, 2.45) is 10.8 Å². The molecule has 76 valence electrons. The van der Waals surface area contributed by atoms with Crippen LogP contribution in [0.15, 0.2) is 12.2 Å². The number of rotatable bonds is 0. The minimum absolute atomic E-state index is 0.436. The Balaban J connectivity index is 2.59. The Morgan fingerprint density at radius 1 is 1.43 bits per heavy atom. The van der Waals surface area contributed by atoms with Crippen LogP contribution in [0.5, 0.6) is 0 Å². The van der Waals surface area contributed by atoms with E-state index in [2.05, 4.69) is 4.74 Å². The largest absolute Gasteiger partial charge is 0.392 e. The zero-order valence-corrected chi connectivity index (χ0v) is 8.11. The predicted octanol–water partition coefficient (Wildman–Crippen LogP) is 0.403. The van der Waals surface area contributed by atoms with Crippen LogP contribution in [0.2, 0.25) is 0 Å². The number of esters is 2. The van der Waals surface area contributed by atoms with Crippen LogP contribution >= 0.6 is 0 Å². The van der Waals surface area contributed by atoms with E-state index >= 15 is 0 Å². The molecule has 1 saturated heterocycles. The van der Waals surface area contributed by atoms with Crippen LogP contribution in [0.25, 0.3) is 0 Å². The summed E-state index contributed by atoms with van der Waals surface area (Å²) in [7, 11) is 0. The van der Waals surface area contributed by atoms with Crippen LogP contribution in [-0.4, -0.2) is 23.1 Å². The highest BCUT2D eigenvalue weighted by Gasteiger charge is 2.66. The van der Waals surface area contributed by atoms with Gasteiger partial charge in [0.15, 0.2) is 0 Å². The van der Waals surface area contributed by atoms with Gasteiger partial charge in [-0.2, -0.15) is 0 Å². The molecule has 1 aliphatic heterocycles. The summed E-state index contributed by atoms with van der Waals surface area (Å²) in [6.45, 7) is 3.24. The van der Waals surface area contributed by atoms with Gasteiger partial charge in [-0.15, -0.1) is 0 Å². The maximum Gasteiger partial charge on any atom is 0.323 e. The Bertz CT molecular complexity index is 346. The van der Waals surface area contributed by atoms with Gasteiger partial charge >= 0.3 is 11.9 Å². The van der Waals surface area contributed by atoms with Crippen LogP contribution in [-0.2, 0) is 14.3 Å². The zero-order valence-electron chi connectivity index (χ0n) is 8.11. The van der Waals surface area contributed by atoms with E-state index in [1.54, 1.807) is 26.0 Å². The van der Waals surface area contributed by atoms with Crippen molar-refractivity contribution in [2.75, 3.05) is 0 Å². The minimum Gasteiger partial charge on any atom is -0.392 e. The van der Waals surface area contributed by atoms with Gasteiger partial charge in [-0.1, -0.05) is 12.2 Å². The van der Waals surface area contributed by atoms with Gasteiger partial charge in [0.2, 0.25) is 0 Å². The number of aliphatic hydroxyl groups is 1. The highest BCUT2D eigenvalue weighted by molar-refractivity contribution is 6.02. The lowest BCUT2D eigenvalue weighted by molar-refractivity contribution is -0.156. The first-order valence-corrected chi connectivity index (χ1v) is 4.54. The molecule has 14 heavy (non-hydrogen) atoms. The predicted molar refractivity (Wildman–Crippen MR) is 47.1 cm³/mol. The summed E-state index contributed by atoms with van der Waals surface area (Å²) in [5.74, 6) is -1.16. The third-order valence-electron chi connectivity index (χ3n) is 3.64. The highest BCUT2D eigenvalue weighted by atomic mass is 16.6. The lowest BCUT2D eigenvalue weighted by Gasteiger charge is -2.39. The number of cyclic esters (lactones) is 2. The third kappa shape index (κ3) is 0.773. The first-order valence-electron chi connectivity index (χ1n) is 4.54. The van der Waals surface area contributed by atoms with E-state index in [1.807, 2.05) is 0 Å². The van der Waals surface area contributed by atoms with Crippen molar-refractivity contribution < 1.29 is 19.4 Å². The minimum atomic E-state index is -1.13. The molecular weight excluding hydrogens is 184 g/mol. The maximum atomic E-state index is 11.5. The summed E-state index contributed by atoms with van der Waals surface area (Å²) < 4.78 is 4.61. The van der Waals surface area contributed by atoms with E-state index in [4.69, 9.17) is 0 Å². The molecule has 0 amide bonds. The van der Waals surface area contributed by atoms with Crippen molar-refractivity contribution in [1.29, 1.82) is 0 Å². The molecule has 1 N–H and O–H groups in total. The number of fused-ring (bicyclic) bond motifs is 1. The summed E-state index contributed by atoms with van der Waals surface area (Å²) >= 11 is 0. The second-order valence-corrected chi connectivity index (χ2v) is 4.29. The van der Waals surface area contributed by atoms with Crippen LogP contribution in [0.1, 0.15) is 20.3 Å². The lowest BCUT2D eigenvalue weighted by atomic mass is 9.60. The fraction of sp³-hybridized carbons (Fsp3) is 0.600. The summed E-state index contributed by atoms with van der Waals surface area (Å²) in [6, 6.07) is 0. The molecule has 0 aromatic carbocycles. The van der Waals surface area contributed by atoms with Crippen LogP contribution in [0, 0.1) is 10.8 Å². The quantitative estimate of drug-likeness (QED) is 0.346. The van der Waals surface area contributed by atoms with Gasteiger partial charge in [0.05, 0.1) is 11.5 Å². The molecule has 0 saturated carbocycles. The van der Waals surface area contributed by atoms with E-state index in [1.165, 1.54) is 0 Å². The van der Waals surface area contributed by atoms with E-state index in [-0.39, 0.29) is 0 Å². The standard InChI is InChI=1S/C10H12O4/c1-9-5-3-4-6(11)10(9,2)8(13)14-7(9)12/h3-4,6,11H,5H2,1-2H3/t6-,9-,10+/m1/s1. The number of hydrogen-bond donors (Lipinski definition) is 1. The SMILES string of the molecule is C[C@]12CC=C[C@@H](O)[C@@]1(C)C(=O)OC2=O. The maximum absolute atomic E-state index is 11.5. The number of allylic oxidation sites excluding steroid dienone is 1. The van der Waals surface area contributed by atoms with Crippen LogP contribution < -0.4 is 0 Å². The van der Waals surface area contributed by atoms with Crippen molar-refractivity contribution in [3.63, 3.8) is 0 Å². The Labute approximate surface area is 81.6 Å². The Morgan fingerprint density at radius 2 is 2.07 bits per heavy atom. The van der Waals surface area contributed by atoms with Crippen molar-refractivity contribution in [3.05, 3.63) is 12.2 Å². The summed E-state index contributed by atoms with van der Waals surface area (Å²) in [4.78, 5) is 23.0. The van der Waals surface area contributed by atoms with E-state index < -0.39 is 28.9 Å². The smallest absolute Gasteiger partial charge is 0.323 e. The fourth-order valence-corrected chi connectivity index (χ4v) is 2.11. The first-order chi connectivity index (χ1) is 6.43. The summed E-state index contributed by atoms with van der Waals surface area (Å²) in [6.07, 6.45) is 2.75. The van der Waals surface area contributed by atoms with Crippen molar-refractivity contribution in [1.82, 2.24) is 0 Å². The van der Waals surface area contributed by atoms with E-state index in [9.17, 15) is 14.7 Å². The topological polar surface area (TPSA) is 63.6 Å². The molecule has 1 aliphatic carbocycles. The van der Waals surface area contributed by atoms with E-state index in [0.717, 1.165) is 0 Å². The second kappa shape index (κ2) is 2.45.